The minimum absolute atomic E-state index is 0.134. The van der Waals surface area contributed by atoms with Crippen LogP contribution in [0.4, 0.5) is 10.6 Å². The molecule has 2 atom stereocenters. The van der Waals surface area contributed by atoms with Gasteiger partial charge in [-0.05, 0) is 84.5 Å². The number of fused-ring (bicyclic) bond motifs is 2. The lowest BCUT2D eigenvalue weighted by Crippen LogP contribution is -2.51. The molecule has 1 amide bonds. The van der Waals surface area contributed by atoms with Gasteiger partial charge in [-0.3, -0.25) is 4.79 Å². The first-order chi connectivity index (χ1) is 15.3. The second kappa shape index (κ2) is 9.77. The predicted molar refractivity (Wildman–Crippen MR) is 125 cm³/mol. The first kappa shape index (κ1) is 23.0. The number of ketones is 1. The zero-order valence-electron chi connectivity index (χ0n) is 19.8. The van der Waals surface area contributed by atoms with Crippen molar-refractivity contribution >= 4 is 17.7 Å². The van der Waals surface area contributed by atoms with Gasteiger partial charge in [0.1, 0.15) is 11.4 Å². The number of anilines is 1. The first-order valence-electron chi connectivity index (χ1n) is 12.3. The summed E-state index contributed by atoms with van der Waals surface area (Å²) in [7, 11) is 0. The van der Waals surface area contributed by atoms with Crippen LogP contribution in [0.2, 0.25) is 0 Å². The van der Waals surface area contributed by atoms with E-state index in [2.05, 4.69) is 20.1 Å². The average Bonchev–Trinajstić information content (AvgIpc) is 3.02. The zero-order valence-corrected chi connectivity index (χ0v) is 19.8. The number of pyridine rings is 1. The van der Waals surface area contributed by atoms with Gasteiger partial charge in [0.15, 0.2) is 5.78 Å². The molecule has 0 saturated carbocycles. The molecule has 1 aromatic rings. The number of piperidine rings is 2. The van der Waals surface area contributed by atoms with E-state index in [9.17, 15) is 9.59 Å². The van der Waals surface area contributed by atoms with Crippen LogP contribution in [0.1, 0.15) is 82.5 Å². The molecule has 0 spiro atoms. The number of amides is 1. The largest absolute Gasteiger partial charge is 0.444 e. The van der Waals surface area contributed by atoms with Crippen molar-refractivity contribution in [3.05, 3.63) is 23.9 Å². The Kier molecular flexibility index (Phi) is 7.03. The summed E-state index contributed by atoms with van der Waals surface area (Å²) in [6, 6.07) is 4.80. The summed E-state index contributed by atoms with van der Waals surface area (Å²) in [5.41, 5.74) is 0.222. The fourth-order valence-corrected chi connectivity index (χ4v) is 5.43. The third kappa shape index (κ3) is 5.80. The van der Waals surface area contributed by atoms with Crippen LogP contribution in [0.25, 0.3) is 0 Å². The molecule has 32 heavy (non-hydrogen) atoms. The van der Waals surface area contributed by atoms with Crippen molar-refractivity contribution in [3.63, 3.8) is 0 Å². The van der Waals surface area contributed by atoms with E-state index in [1.807, 2.05) is 32.9 Å². The van der Waals surface area contributed by atoms with Crippen LogP contribution in [-0.4, -0.2) is 65.1 Å². The molecule has 7 heteroatoms. The van der Waals surface area contributed by atoms with Crippen molar-refractivity contribution in [2.24, 2.45) is 0 Å². The molecular weight excluding hydrogens is 404 g/mol. The van der Waals surface area contributed by atoms with Crippen molar-refractivity contribution in [2.45, 2.75) is 95.9 Å². The molecule has 2 bridgehead atoms. The Morgan fingerprint density at radius 2 is 1.78 bits per heavy atom. The number of hydrogen-bond donors (Lipinski definition) is 1. The number of likely N-dealkylation sites (tertiary alicyclic amines) is 1. The fourth-order valence-electron chi connectivity index (χ4n) is 5.43. The van der Waals surface area contributed by atoms with Gasteiger partial charge in [-0.1, -0.05) is 6.42 Å². The minimum atomic E-state index is -0.485. The maximum atomic E-state index is 12.6. The van der Waals surface area contributed by atoms with Crippen molar-refractivity contribution in [3.8, 4) is 0 Å². The smallest absolute Gasteiger partial charge is 0.407 e. The third-order valence-electron chi connectivity index (χ3n) is 6.89. The second-order valence-corrected chi connectivity index (χ2v) is 10.6. The number of ether oxygens (including phenoxy) is 1. The fraction of sp³-hybridized carbons (Fsp3) is 0.720. The summed E-state index contributed by atoms with van der Waals surface area (Å²) < 4.78 is 5.43. The predicted octanol–water partition coefficient (Wildman–Crippen LogP) is 4.16. The van der Waals surface area contributed by atoms with Gasteiger partial charge in [0.2, 0.25) is 0 Å². The SMILES string of the molecule is CC(C)(C)OC(=O)NC1CC2CCC(C1)N2c1ccc(C(=O)CCN2CCCCC2)cn1. The molecule has 3 aliphatic rings. The number of carbonyl (C=O) groups is 2. The van der Waals surface area contributed by atoms with E-state index in [4.69, 9.17) is 4.74 Å². The van der Waals surface area contributed by atoms with Crippen molar-refractivity contribution < 1.29 is 14.3 Å². The highest BCUT2D eigenvalue weighted by Crippen LogP contribution is 2.38. The van der Waals surface area contributed by atoms with Gasteiger partial charge in [0.25, 0.3) is 0 Å². The summed E-state index contributed by atoms with van der Waals surface area (Å²) in [6.07, 6.45) is 9.79. The van der Waals surface area contributed by atoms with Crippen LogP contribution in [0.15, 0.2) is 18.3 Å². The van der Waals surface area contributed by atoms with E-state index >= 15 is 0 Å². The van der Waals surface area contributed by atoms with E-state index < -0.39 is 5.60 Å². The number of hydrogen-bond acceptors (Lipinski definition) is 6. The maximum Gasteiger partial charge on any atom is 0.407 e. The number of carbonyl (C=O) groups excluding carboxylic acids is 2. The lowest BCUT2D eigenvalue weighted by molar-refractivity contribution is 0.0492. The quantitative estimate of drug-likeness (QED) is 0.667. The van der Waals surface area contributed by atoms with Gasteiger partial charge in [-0.2, -0.15) is 0 Å². The normalized spacial score (nSPS) is 26.1. The van der Waals surface area contributed by atoms with E-state index in [1.54, 1.807) is 6.20 Å². The molecule has 0 aliphatic carbocycles. The van der Waals surface area contributed by atoms with Gasteiger partial charge < -0.3 is 19.9 Å². The maximum absolute atomic E-state index is 12.6. The lowest BCUT2D eigenvalue weighted by Gasteiger charge is -2.40. The summed E-state index contributed by atoms with van der Waals surface area (Å²) in [5.74, 6) is 1.12. The summed E-state index contributed by atoms with van der Waals surface area (Å²) >= 11 is 0. The highest BCUT2D eigenvalue weighted by molar-refractivity contribution is 5.96. The van der Waals surface area contributed by atoms with Crippen LogP contribution < -0.4 is 10.2 Å². The molecule has 7 nitrogen and oxygen atoms in total. The summed E-state index contributed by atoms with van der Waals surface area (Å²) in [5, 5.41) is 3.06. The van der Waals surface area contributed by atoms with Gasteiger partial charge in [-0.15, -0.1) is 0 Å². The van der Waals surface area contributed by atoms with E-state index in [-0.39, 0.29) is 17.9 Å². The molecular formula is C25H38N4O3. The number of Topliss-reactive ketones (excluding diaryl/α,β-unsaturated/α-hetero) is 1. The summed E-state index contributed by atoms with van der Waals surface area (Å²) in [6.45, 7) is 8.73. The van der Waals surface area contributed by atoms with Crippen LogP contribution in [0.5, 0.6) is 0 Å². The zero-order chi connectivity index (χ0) is 22.7. The number of alkyl carbamates (subject to hydrolysis) is 1. The standard InChI is InChI=1S/C25H38N4O3/c1-25(2,3)32-24(31)27-19-15-20-8-9-21(16-19)29(20)23-10-7-18(17-26-23)22(30)11-14-28-12-5-4-6-13-28/h7,10,17,19-21H,4-6,8-9,11-16H2,1-3H3,(H,27,31). The van der Waals surface area contributed by atoms with Crippen molar-refractivity contribution in [1.29, 1.82) is 0 Å². The van der Waals surface area contributed by atoms with Crippen LogP contribution in [0, 0.1) is 0 Å². The van der Waals surface area contributed by atoms with Crippen molar-refractivity contribution in [1.82, 2.24) is 15.2 Å². The molecule has 0 aromatic carbocycles. The molecule has 3 aliphatic heterocycles. The molecule has 1 N–H and O–H groups in total. The molecule has 4 rings (SSSR count). The van der Waals surface area contributed by atoms with Crippen LogP contribution in [0.3, 0.4) is 0 Å². The van der Waals surface area contributed by atoms with Crippen molar-refractivity contribution in [2.75, 3.05) is 24.5 Å². The van der Waals surface area contributed by atoms with E-state index in [1.165, 1.54) is 19.3 Å². The van der Waals surface area contributed by atoms with Gasteiger partial charge >= 0.3 is 6.09 Å². The second-order valence-electron chi connectivity index (χ2n) is 10.6. The highest BCUT2D eigenvalue weighted by Gasteiger charge is 2.42. The molecule has 3 saturated heterocycles. The Hall–Kier alpha value is -2.15. The average molecular weight is 443 g/mol. The topological polar surface area (TPSA) is 74.8 Å². The Balaban J connectivity index is 1.31. The molecule has 3 fully saturated rings. The Bertz CT molecular complexity index is 784. The number of rotatable bonds is 6. The third-order valence-corrected chi connectivity index (χ3v) is 6.89. The molecule has 2 unspecified atom stereocenters. The highest BCUT2D eigenvalue weighted by atomic mass is 16.6. The number of nitrogens with one attached hydrogen (secondary N) is 1. The molecule has 4 heterocycles. The molecule has 1 aromatic heterocycles. The molecule has 176 valence electrons. The Morgan fingerprint density at radius 1 is 1.09 bits per heavy atom. The van der Waals surface area contributed by atoms with E-state index in [0.717, 1.165) is 51.1 Å². The van der Waals surface area contributed by atoms with Gasteiger partial charge in [0, 0.05) is 42.9 Å². The first-order valence-corrected chi connectivity index (χ1v) is 12.3. The van der Waals surface area contributed by atoms with Gasteiger partial charge in [-0.25, -0.2) is 9.78 Å². The van der Waals surface area contributed by atoms with E-state index in [0.29, 0.717) is 24.1 Å². The monoisotopic (exact) mass is 442 g/mol. The van der Waals surface area contributed by atoms with Crippen LogP contribution in [-0.2, 0) is 4.74 Å². The number of nitrogens with zero attached hydrogens (tertiary/aromatic N) is 3. The summed E-state index contributed by atoms with van der Waals surface area (Å²) in [4.78, 5) is 34.3. The Morgan fingerprint density at radius 3 is 2.38 bits per heavy atom. The van der Waals surface area contributed by atoms with Crippen LogP contribution >= 0.6 is 0 Å². The Labute approximate surface area is 191 Å². The lowest BCUT2D eigenvalue weighted by atomic mass is 9.97. The molecule has 0 radical (unpaired) electrons. The number of aromatic nitrogens is 1. The minimum Gasteiger partial charge on any atom is -0.444 e. The van der Waals surface area contributed by atoms with Gasteiger partial charge in [0.05, 0.1) is 0 Å².